The summed E-state index contributed by atoms with van der Waals surface area (Å²) in [4.78, 5) is 4.80. The van der Waals surface area contributed by atoms with Crippen molar-refractivity contribution in [3.8, 4) is 11.3 Å². The van der Waals surface area contributed by atoms with E-state index in [0.29, 0.717) is 5.71 Å². The number of aryl methyl sites for hydroxylation is 2. The van der Waals surface area contributed by atoms with Gasteiger partial charge >= 0.3 is 0 Å². The third-order valence-electron chi connectivity index (χ3n) is 6.82. The van der Waals surface area contributed by atoms with Gasteiger partial charge < -0.3 is 4.42 Å². The highest BCUT2D eigenvalue weighted by atomic mass is 16.3. The minimum Gasteiger partial charge on any atom is -0.437 e. The molecule has 1 aliphatic rings. The predicted octanol–water partition coefficient (Wildman–Crippen LogP) is 6.98. The fourth-order valence-corrected chi connectivity index (χ4v) is 5.09. The van der Waals surface area contributed by atoms with Crippen LogP contribution in [0.1, 0.15) is 50.5 Å². The molecule has 0 N–H and O–H groups in total. The second kappa shape index (κ2) is 7.19. The number of hydrogen-bond donors (Lipinski definition) is 0. The van der Waals surface area contributed by atoms with Gasteiger partial charge in [0.15, 0.2) is 11.8 Å². The van der Waals surface area contributed by atoms with Crippen molar-refractivity contribution in [1.82, 2.24) is 4.98 Å². The number of fused-ring (bicyclic) bond motifs is 4. The summed E-state index contributed by atoms with van der Waals surface area (Å²) in [6, 6.07) is 19.0. The summed E-state index contributed by atoms with van der Waals surface area (Å²) < 4.78 is 17.7. The Bertz CT molecular complexity index is 1490. The summed E-state index contributed by atoms with van der Waals surface area (Å²) in [7, 11) is 2.07. The zero-order chi connectivity index (χ0) is 21.9. The zero-order valence-corrected chi connectivity index (χ0v) is 18.1. The van der Waals surface area contributed by atoms with E-state index in [1.807, 2.05) is 18.2 Å². The molecule has 0 atom stereocenters. The molecule has 6 rings (SSSR count). The Morgan fingerprint density at radius 3 is 2.71 bits per heavy atom. The van der Waals surface area contributed by atoms with E-state index in [0.717, 1.165) is 75.3 Å². The molecule has 0 radical (unpaired) electrons. The van der Waals surface area contributed by atoms with Gasteiger partial charge in [0.2, 0.25) is 11.4 Å². The Hall–Kier alpha value is -3.20. The van der Waals surface area contributed by atoms with Crippen molar-refractivity contribution in [1.29, 1.82) is 0 Å². The van der Waals surface area contributed by atoms with E-state index in [4.69, 9.17) is 10.8 Å². The minimum atomic E-state index is -0.490. The molecule has 0 spiro atoms. The lowest BCUT2D eigenvalue weighted by Gasteiger charge is -2.21. The highest BCUT2D eigenvalue weighted by molar-refractivity contribution is 6.11. The molecule has 1 fully saturated rings. The van der Waals surface area contributed by atoms with Crippen LogP contribution in [0, 0.1) is 6.92 Å². The molecule has 0 unspecified atom stereocenters. The molecule has 0 aliphatic heterocycles. The summed E-state index contributed by atoms with van der Waals surface area (Å²) in [5.41, 5.74) is 6.95. The van der Waals surface area contributed by atoms with Crippen molar-refractivity contribution in [2.45, 2.75) is 44.9 Å². The van der Waals surface area contributed by atoms with Gasteiger partial charge in [-0.25, -0.2) is 9.55 Å². The third kappa shape index (κ3) is 3.03. The van der Waals surface area contributed by atoms with Crippen molar-refractivity contribution < 1.29 is 10.4 Å². The second-order valence-electron chi connectivity index (χ2n) is 8.85. The van der Waals surface area contributed by atoms with Crippen molar-refractivity contribution in [2.24, 2.45) is 7.05 Å². The van der Waals surface area contributed by atoms with Crippen LogP contribution >= 0.6 is 0 Å². The van der Waals surface area contributed by atoms with Gasteiger partial charge in [-0.05, 0) is 48.9 Å². The molecular weight excluding hydrogens is 380 g/mol. The average molecular weight is 409 g/mol. The van der Waals surface area contributed by atoms with Crippen molar-refractivity contribution >= 4 is 33.0 Å². The summed E-state index contributed by atoms with van der Waals surface area (Å²) in [5, 5.41) is 3.25. The molecule has 5 aromatic rings. The second-order valence-corrected chi connectivity index (χ2v) is 8.85. The maximum atomic E-state index is 9.14. The number of aromatic nitrogens is 2. The van der Waals surface area contributed by atoms with Gasteiger partial charge in [0.1, 0.15) is 7.05 Å². The highest BCUT2D eigenvalue weighted by Gasteiger charge is 2.24. The van der Waals surface area contributed by atoms with Gasteiger partial charge in [0.05, 0.1) is 11.1 Å². The molecule has 3 aromatic heterocycles. The Morgan fingerprint density at radius 1 is 1.00 bits per heavy atom. The number of pyridine rings is 2. The van der Waals surface area contributed by atoms with E-state index in [9.17, 15) is 0 Å². The van der Waals surface area contributed by atoms with Crippen molar-refractivity contribution in [2.75, 3.05) is 0 Å². The van der Waals surface area contributed by atoms with E-state index in [2.05, 4.69) is 61.1 Å². The van der Waals surface area contributed by atoms with Gasteiger partial charge in [0.25, 0.3) is 0 Å². The fourth-order valence-electron chi connectivity index (χ4n) is 5.09. The summed E-state index contributed by atoms with van der Waals surface area (Å²) in [5.74, 6) is -0.490. The Kier molecular flexibility index (Phi) is 4.06. The van der Waals surface area contributed by atoms with Gasteiger partial charge in [-0.2, -0.15) is 0 Å². The number of hydrogen-bond acceptors (Lipinski definition) is 2. The number of para-hydroxylation sites is 1. The van der Waals surface area contributed by atoms with E-state index in [1.54, 1.807) is 0 Å². The molecule has 0 amide bonds. The molecule has 31 heavy (non-hydrogen) atoms. The highest BCUT2D eigenvalue weighted by Crippen LogP contribution is 2.39. The predicted molar refractivity (Wildman–Crippen MR) is 126 cm³/mol. The van der Waals surface area contributed by atoms with Gasteiger partial charge in [-0.15, -0.1) is 0 Å². The lowest BCUT2D eigenvalue weighted by Crippen LogP contribution is -2.31. The topological polar surface area (TPSA) is 29.9 Å². The van der Waals surface area contributed by atoms with E-state index in [-0.39, 0.29) is 0 Å². The van der Waals surface area contributed by atoms with Crippen LogP contribution in [-0.4, -0.2) is 4.98 Å². The van der Waals surface area contributed by atoms with Crippen LogP contribution in [0.15, 0.2) is 65.2 Å². The van der Waals surface area contributed by atoms with Gasteiger partial charge in [0, 0.05) is 29.7 Å². The largest absolute Gasteiger partial charge is 0.437 e. The lowest BCUT2D eigenvalue weighted by atomic mass is 9.84. The quantitative estimate of drug-likeness (QED) is 0.295. The van der Waals surface area contributed by atoms with Crippen LogP contribution < -0.4 is 4.57 Å². The summed E-state index contributed by atoms with van der Waals surface area (Å²) in [6.07, 6.45) is 7.49. The van der Waals surface area contributed by atoms with Crippen LogP contribution in [0.4, 0.5) is 0 Å². The van der Waals surface area contributed by atoms with Crippen LogP contribution in [0.2, 0.25) is 0 Å². The molecule has 2 aromatic carbocycles. The van der Waals surface area contributed by atoms with Crippen LogP contribution in [0.3, 0.4) is 0 Å². The fraction of sp³-hybridized carbons (Fsp3) is 0.286. The number of benzene rings is 2. The van der Waals surface area contributed by atoms with Gasteiger partial charge in [-0.3, -0.25) is 0 Å². The first-order valence-electron chi connectivity index (χ1n) is 11.8. The minimum absolute atomic E-state index is 0.490. The Labute approximate surface area is 183 Å². The number of rotatable bonds is 2. The first-order chi connectivity index (χ1) is 15.5. The van der Waals surface area contributed by atoms with Crippen LogP contribution in [-0.2, 0) is 7.05 Å². The Balaban J connectivity index is 1.61. The molecule has 154 valence electrons. The van der Waals surface area contributed by atoms with E-state index < -0.39 is 5.89 Å². The maximum absolute atomic E-state index is 9.14. The zero-order valence-electron chi connectivity index (χ0n) is 19.1. The molecule has 0 bridgehead atoms. The normalized spacial score (nSPS) is 16.8. The molecule has 3 nitrogen and oxygen atoms in total. The number of furan rings is 1. The SMILES string of the molecule is [2H]C1(c2cc[n+](C)c(-c3c(C)ccc4c3oc3nc5ccccc5cc34)c2)CCCCC1. The molecule has 1 saturated carbocycles. The first kappa shape index (κ1) is 17.5. The summed E-state index contributed by atoms with van der Waals surface area (Å²) in [6.45, 7) is 2.13. The average Bonchev–Trinajstić information content (AvgIpc) is 3.16. The maximum Gasteiger partial charge on any atom is 0.227 e. The monoisotopic (exact) mass is 408 g/mol. The number of nitrogens with zero attached hydrogens (tertiary/aromatic N) is 2. The Morgan fingerprint density at radius 2 is 1.84 bits per heavy atom. The van der Waals surface area contributed by atoms with Crippen molar-refractivity contribution in [3.05, 3.63) is 71.9 Å². The van der Waals surface area contributed by atoms with Crippen molar-refractivity contribution in [3.63, 3.8) is 0 Å². The van der Waals surface area contributed by atoms with E-state index in [1.165, 1.54) is 6.42 Å². The van der Waals surface area contributed by atoms with E-state index >= 15 is 0 Å². The molecule has 3 heteroatoms. The van der Waals surface area contributed by atoms with Gasteiger partial charge in [-0.1, -0.05) is 49.6 Å². The molecule has 1 aliphatic carbocycles. The smallest absolute Gasteiger partial charge is 0.227 e. The lowest BCUT2D eigenvalue weighted by molar-refractivity contribution is -0.660. The molecular formula is C28H27N2O+. The molecule has 3 heterocycles. The third-order valence-corrected chi connectivity index (χ3v) is 6.82. The standard InChI is InChI=1S/C28H27N2O/c1-18-12-13-22-23-16-21-10-6-7-11-24(21)29-28(23)31-27(22)26(18)25-17-20(14-15-30(25)2)19-8-4-3-5-9-19/h6-7,10-17,19H,3-5,8-9H2,1-2H3/q+1/i19D. The molecule has 0 saturated heterocycles. The first-order valence-corrected chi connectivity index (χ1v) is 11.3. The van der Waals surface area contributed by atoms with Crippen LogP contribution in [0.25, 0.3) is 44.2 Å². The summed E-state index contributed by atoms with van der Waals surface area (Å²) >= 11 is 0. The van der Waals surface area contributed by atoms with Crippen LogP contribution in [0.5, 0.6) is 0 Å².